The molecular weight excluding hydrogens is 246 g/mol. The molecule has 1 heterocycles. The summed E-state index contributed by atoms with van der Waals surface area (Å²) in [6.45, 7) is 3.87. The van der Waals surface area contributed by atoms with E-state index < -0.39 is 6.03 Å². The van der Waals surface area contributed by atoms with Crippen molar-refractivity contribution in [3.8, 4) is 0 Å². The lowest BCUT2D eigenvalue weighted by atomic mass is 9.96. The van der Waals surface area contributed by atoms with Crippen LogP contribution in [0.3, 0.4) is 0 Å². The van der Waals surface area contributed by atoms with E-state index >= 15 is 0 Å². The van der Waals surface area contributed by atoms with E-state index in [4.69, 9.17) is 10.5 Å². The molecule has 3 N–H and O–H groups in total. The number of nitrogens with zero attached hydrogens (tertiary/aromatic N) is 1. The first kappa shape index (κ1) is 15.5. The summed E-state index contributed by atoms with van der Waals surface area (Å²) in [5, 5.41) is 3.80. The Labute approximate surface area is 113 Å². The molecule has 0 saturated carbocycles. The number of cyclic esters (lactones) is 1. The maximum absolute atomic E-state index is 11.7. The molecule has 2 atom stereocenters. The van der Waals surface area contributed by atoms with Crippen molar-refractivity contribution in [1.29, 1.82) is 0 Å². The van der Waals surface area contributed by atoms with Crippen LogP contribution in [0, 0.1) is 5.92 Å². The second-order valence-corrected chi connectivity index (χ2v) is 4.94. The van der Waals surface area contributed by atoms with Crippen LogP contribution in [0.4, 0.5) is 4.79 Å². The molecule has 1 rings (SSSR count). The quantitative estimate of drug-likeness (QED) is 0.320. The summed E-state index contributed by atoms with van der Waals surface area (Å²) >= 11 is 0. The zero-order valence-electron chi connectivity index (χ0n) is 11.6. The first-order valence-corrected chi connectivity index (χ1v) is 6.84. The fourth-order valence-corrected chi connectivity index (χ4v) is 2.16. The van der Waals surface area contributed by atoms with E-state index in [0.29, 0.717) is 12.1 Å². The Bertz CT molecular complexity index is 355. The van der Waals surface area contributed by atoms with Crippen LogP contribution in [0.15, 0.2) is 5.10 Å². The minimum absolute atomic E-state index is 0.0411. The summed E-state index contributed by atoms with van der Waals surface area (Å²) in [5.74, 6) is -0.198. The number of urea groups is 1. The number of carbonyl (C=O) groups is 2. The van der Waals surface area contributed by atoms with Gasteiger partial charge in [-0.2, -0.15) is 5.10 Å². The van der Waals surface area contributed by atoms with Crippen LogP contribution in [0.1, 0.15) is 52.4 Å². The van der Waals surface area contributed by atoms with Gasteiger partial charge in [-0.1, -0.05) is 32.6 Å². The first-order chi connectivity index (χ1) is 9.04. The summed E-state index contributed by atoms with van der Waals surface area (Å²) in [5.41, 5.74) is 7.64. The Hall–Kier alpha value is -1.59. The molecule has 6 heteroatoms. The van der Waals surface area contributed by atoms with Gasteiger partial charge in [0.1, 0.15) is 6.10 Å². The third-order valence-electron chi connectivity index (χ3n) is 3.30. The number of esters is 1. The van der Waals surface area contributed by atoms with Gasteiger partial charge in [0.05, 0.1) is 11.6 Å². The molecule has 0 aliphatic carbocycles. The summed E-state index contributed by atoms with van der Waals surface area (Å²) in [6, 6.07) is -0.722. The lowest BCUT2D eigenvalue weighted by Crippen LogP contribution is -2.28. The van der Waals surface area contributed by atoms with E-state index in [1.54, 1.807) is 6.92 Å². The number of nitrogens with one attached hydrogen (secondary N) is 1. The number of primary amides is 1. The van der Waals surface area contributed by atoms with Crippen LogP contribution in [0.25, 0.3) is 0 Å². The van der Waals surface area contributed by atoms with Crippen LogP contribution in [-0.2, 0) is 9.53 Å². The molecule has 1 saturated heterocycles. The molecule has 0 radical (unpaired) electrons. The van der Waals surface area contributed by atoms with E-state index in [1.807, 2.05) is 0 Å². The molecule has 0 aromatic carbocycles. The molecule has 0 aromatic heterocycles. The van der Waals surface area contributed by atoms with Gasteiger partial charge < -0.3 is 10.5 Å². The van der Waals surface area contributed by atoms with Crippen molar-refractivity contribution < 1.29 is 14.3 Å². The largest absolute Gasteiger partial charge is 0.456 e. The molecule has 1 aliphatic rings. The fraction of sp³-hybridized carbons (Fsp3) is 0.769. The number of hydrazone groups is 1. The van der Waals surface area contributed by atoms with Gasteiger partial charge in [-0.05, 0) is 13.3 Å². The number of unbranched alkanes of at least 4 members (excludes halogenated alkanes) is 3. The van der Waals surface area contributed by atoms with Crippen LogP contribution < -0.4 is 11.2 Å². The molecule has 1 fully saturated rings. The third kappa shape index (κ3) is 5.28. The minimum Gasteiger partial charge on any atom is -0.456 e. The van der Waals surface area contributed by atoms with Gasteiger partial charge in [-0.15, -0.1) is 0 Å². The second-order valence-electron chi connectivity index (χ2n) is 4.94. The second kappa shape index (κ2) is 7.76. The SMILES string of the molecule is CCCCCC[C@@H]1C[C@@H](/C(C)=N/NC(N)=O)OC1=O. The van der Waals surface area contributed by atoms with Crippen molar-refractivity contribution in [2.45, 2.75) is 58.5 Å². The van der Waals surface area contributed by atoms with E-state index in [9.17, 15) is 9.59 Å². The lowest BCUT2D eigenvalue weighted by molar-refractivity contribution is -0.142. The van der Waals surface area contributed by atoms with Crippen molar-refractivity contribution in [2.24, 2.45) is 16.8 Å². The number of ether oxygens (including phenoxy) is 1. The number of hydrogen-bond donors (Lipinski definition) is 2. The predicted octanol–water partition coefficient (Wildman–Crippen LogP) is 1.93. The molecule has 0 spiro atoms. The van der Waals surface area contributed by atoms with E-state index in [-0.39, 0.29) is 18.0 Å². The maximum atomic E-state index is 11.7. The lowest BCUT2D eigenvalue weighted by Gasteiger charge is -2.07. The summed E-state index contributed by atoms with van der Waals surface area (Å²) in [6.07, 6.45) is 5.76. The molecule has 0 bridgehead atoms. The van der Waals surface area contributed by atoms with Gasteiger partial charge in [0.15, 0.2) is 0 Å². The molecular formula is C13H23N3O3. The highest BCUT2D eigenvalue weighted by molar-refractivity contribution is 5.91. The smallest absolute Gasteiger partial charge is 0.332 e. The molecule has 0 aromatic rings. The standard InChI is InChI=1S/C13H23N3O3/c1-3-4-5-6-7-10-8-11(19-12(10)17)9(2)15-16-13(14)18/h10-11H,3-8H2,1-2H3,(H3,14,16,18)/b15-9+/t10-,11+/m1/s1. The number of hydrogen-bond acceptors (Lipinski definition) is 4. The Morgan fingerprint density at radius 1 is 1.47 bits per heavy atom. The van der Waals surface area contributed by atoms with Crippen molar-refractivity contribution in [3.63, 3.8) is 0 Å². The van der Waals surface area contributed by atoms with E-state index in [0.717, 1.165) is 19.3 Å². The Morgan fingerprint density at radius 2 is 2.21 bits per heavy atom. The van der Waals surface area contributed by atoms with Gasteiger partial charge >= 0.3 is 12.0 Å². The van der Waals surface area contributed by atoms with E-state index in [1.165, 1.54) is 12.8 Å². The highest BCUT2D eigenvalue weighted by Gasteiger charge is 2.35. The fourth-order valence-electron chi connectivity index (χ4n) is 2.16. The molecule has 6 nitrogen and oxygen atoms in total. The zero-order valence-corrected chi connectivity index (χ0v) is 11.6. The normalized spacial score (nSPS) is 23.3. The van der Waals surface area contributed by atoms with Crippen molar-refractivity contribution >= 4 is 17.7 Å². The number of rotatable bonds is 7. The molecule has 2 amide bonds. The van der Waals surface area contributed by atoms with Gasteiger partial charge in [-0.25, -0.2) is 10.2 Å². The van der Waals surface area contributed by atoms with Gasteiger partial charge in [-0.3, -0.25) is 4.79 Å². The maximum Gasteiger partial charge on any atom is 0.332 e. The van der Waals surface area contributed by atoms with Crippen LogP contribution in [-0.4, -0.2) is 23.8 Å². The average molecular weight is 269 g/mol. The van der Waals surface area contributed by atoms with Crippen molar-refractivity contribution in [2.75, 3.05) is 0 Å². The summed E-state index contributed by atoms with van der Waals surface area (Å²) in [7, 11) is 0. The molecule has 0 unspecified atom stereocenters. The van der Waals surface area contributed by atoms with Gasteiger partial charge in [0.2, 0.25) is 0 Å². The number of nitrogens with two attached hydrogens (primary N) is 1. The first-order valence-electron chi connectivity index (χ1n) is 6.84. The van der Waals surface area contributed by atoms with Gasteiger partial charge in [0.25, 0.3) is 0 Å². The Balaban J connectivity index is 2.39. The number of carbonyl (C=O) groups excluding carboxylic acids is 2. The van der Waals surface area contributed by atoms with Crippen molar-refractivity contribution in [3.05, 3.63) is 0 Å². The third-order valence-corrected chi connectivity index (χ3v) is 3.30. The summed E-state index contributed by atoms with van der Waals surface area (Å²) < 4.78 is 5.26. The Morgan fingerprint density at radius 3 is 2.84 bits per heavy atom. The topological polar surface area (TPSA) is 93.8 Å². The molecule has 108 valence electrons. The highest BCUT2D eigenvalue weighted by Crippen LogP contribution is 2.27. The molecule has 19 heavy (non-hydrogen) atoms. The highest BCUT2D eigenvalue weighted by atomic mass is 16.6. The predicted molar refractivity (Wildman–Crippen MR) is 72.6 cm³/mol. The minimum atomic E-state index is -0.722. The average Bonchev–Trinajstić information content (AvgIpc) is 2.73. The number of amides is 2. The summed E-state index contributed by atoms with van der Waals surface area (Å²) in [4.78, 5) is 22.2. The van der Waals surface area contributed by atoms with Crippen LogP contribution in [0.2, 0.25) is 0 Å². The Kier molecular flexibility index (Phi) is 6.32. The monoisotopic (exact) mass is 269 g/mol. The van der Waals surface area contributed by atoms with Crippen molar-refractivity contribution in [1.82, 2.24) is 5.43 Å². The molecule has 1 aliphatic heterocycles. The van der Waals surface area contributed by atoms with Gasteiger partial charge in [0, 0.05) is 6.42 Å². The van der Waals surface area contributed by atoms with Crippen LogP contribution >= 0.6 is 0 Å². The van der Waals surface area contributed by atoms with Crippen LogP contribution in [0.5, 0.6) is 0 Å². The van der Waals surface area contributed by atoms with E-state index in [2.05, 4.69) is 17.5 Å². The zero-order chi connectivity index (χ0) is 14.3.